The van der Waals surface area contributed by atoms with E-state index in [2.05, 4.69) is 10.3 Å². The molecule has 5 nitrogen and oxygen atoms in total. The lowest BCUT2D eigenvalue weighted by Crippen LogP contribution is -2.31. The largest absolute Gasteiger partial charge is 0.409 e. The average molecular weight is 224 g/mol. The van der Waals surface area contributed by atoms with Gasteiger partial charge in [0.2, 0.25) is 0 Å². The van der Waals surface area contributed by atoms with Crippen LogP contribution in [0, 0.1) is 5.41 Å². The molecule has 1 aromatic heterocycles. The Morgan fingerprint density at radius 1 is 1.50 bits per heavy atom. The Bertz CT molecular complexity index is 330. The summed E-state index contributed by atoms with van der Waals surface area (Å²) in [5.74, 6) is 0.298. The Morgan fingerprint density at radius 3 is 2.81 bits per heavy atom. The average Bonchev–Trinajstić information content (AvgIpc) is 2.76. The monoisotopic (exact) mass is 224 g/mol. The van der Waals surface area contributed by atoms with Gasteiger partial charge in [0.1, 0.15) is 5.84 Å². The van der Waals surface area contributed by atoms with E-state index in [0.29, 0.717) is 5.84 Å². The number of amidine groups is 1. The Morgan fingerprint density at radius 2 is 2.25 bits per heavy atom. The molecule has 1 aromatic rings. The van der Waals surface area contributed by atoms with Crippen molar-refractivity contribution in [2.24, 2.45) is 16.3 Å². The summed E-state index contributed by atoms with van der Waals surface area (Å²) in [4.78, 5) is 0. The van der Waals surface area contributed by atoms with E-state index < -0.39 is 0 Å². The quantitative estimate of drug-likeness (QED) is 0.254. The van der Waals surface area contributed by atoms with E-state index >= 15 is 0 Å². The molecule has 3 N–H and O–H groups in total. The Hall–Kier alpha value is -1.52. The van der Waals surface area contributed by atoms with Crippen molar-refractivity contribution in [3.63, 3.8) is 0 Å². The van der Waals surface area contributed by atoms with E-state index in [9.17, 15) is 0 Å². The molecule has 0 amide bonds. The molecule has 0 saturated carbocycles. The number of hydrogen-bond acceptors (Lipinski definition) is 3. The lowest BCUT2D eigenvalue weighted by molar-refractivity contribution is 0.304. The van der Waals surface area contributed by atoms with Gasteiger partial charge in [-0.2, -0.15) is 5.10 Å². The summed E-state index contributed by atoms with van der Waals surface area (Å²) in [5, 5.41) is 15.8. The van der Waals surface area contributed by atoms with Gasteiger partial charge in [0, 0.05) is 24.4 Å². The Balaban J connectivity index is 2.25. The van der Waals surface area contributed by atoms with E-state index in [1.54, 1.807) is 6.20 Å². The highest BCUT2D eigenvalue weighted by Gasteiger charge is 2.22. The zero-order valence-corrected chi connectivity index (χ0v) is 9.93. The number of aromatic nitrogens is 2. The Labute approximate surface area is 95.9 Å². The molecular formula is C11H20N4O. The van der Waals surface area contributed by atoms with Crippen LogP contribution < -0.4 is 5.73 Å². The summed E-state index contributed by atoms with van der Waals surface area (Å²) in [6.07, 6.45) is 6.71. The molecule has 16 heavy (non-hydrogen) atoms. The normalized spacial score (nSPS) is 13.0. The van der Waals surface area contributed by atoms with Crippen LogP contribution in [0.5, 0.6) is 0 Å². The van der Waals surface area contributed by atoms with Crippen molar-refractivity contribution in [1.82, 2.24) is 9.78 Å². The fourth-order valence-corrected chi connectivity index (χ4v) is 1.54. The lowest BCUT2D eigenvalue weighted by Gasteiger charge is -2.22. The second kappa shape index (κ2) is 5.53. The molecule has 0 unspecified atom stereocenters. The summed E-state index contributed by atoms with van der Waals surface area (Å²) < 4.78 is 1.91. The molecule has 0 fully saturated rings. The molecule has 90 valence electrons. The highest BCUT2D eigenvalue weighted by molar-refractivity contribution is 5.85. The van der Waals surface area contributed by atoms with E-state index in [4.69, 9.17) is 10.9 Å². The van der Waals surface area contributed by atoms with Crippen molar-refractivity contribution in [3.8, 4) is 0 Å². The zero-order chi connectivity index (χ0) is 12.0. The number of nitrogens with two attached hydrogens (primary N) is 1. The van der Waals surface area contributed by atoms with Crippen molar-refractivity contribution < 1.29 is 5.21 Å². The van der Waals surface area contributed by atoms with Crippen LogP contribution in [0.3, 0.4) is 0 Å². The van der Waals surface area contributed by atoms with Crippen molar-refractivity contribution >= 4 is 5.84 Å². The minimum atomic E-state index is -0.237. The van der Waals surface area contributed by atoms with Crippen LogP contribution >= 0.6 is 0 Å². The third-order valence-corrected chi connectivity index (χ3v) is 2.80. The molecule has 0 saturated heterocycles. The van der Waals surface area contributed by atoms with E-state index in [0.717, 1.165) is 25.8 Å². The highest BCUT2D eigenvalue weighted by atomic mass is 16.4. The SMILES string of the molecule is CC(C)(CCCCn1cccn1)/C(N)=N/O. The molecule has 0 spiro atoms. The topological polar surface area (TPSA) is 76.4 Å². The van der Waals surface area contributed by atoms with Crippen LogP contribution in [0.2, 0.25) is 0 Å². The number of hydrogen-bond donors (Lipinski definition) is 2. The highest BCUT2D eigenvalue weighted by Crippen LogP contribution is 2.23. The van der Waals surface area contributed by atoms with Crippen LogP contribution in [0.1, 0.15) is 33.1 Å². The maximum atomic E-state index is 8.63. The van der Waals surface area contributed by atoms with Gasteiger partial charge in [-0.3, -0.25) is 4.68 Å². The number of aryl methyl sites for hydroxylation is 1. The van der Waals surface area contributed by atoms with Gasteiger partial charge in [-0.05, 0) is 18.9 Å². The fourth-order valence-electron chi connectivity index (χ4n) is 1.54. The molecule has 0 aliphatic carbocycles. The van der Waals surface area contributed by atoms with E-state index in [-0.39, 0.29) is 5.41 Å². The van der Waals surface area contributed by atoms with Gasteiger partial charge in [0.15, 0.2) is 0 Å². The minimum absolute atomic E-state index is 0.237. The smallest absolute Gasteiger partial charge is 0.144 e. The summed E-state index contributed by atoms with van der Waals surface area (Å²) >= 11 is 0. The van der Waals surface area contributed by atoms with Gasteiger partial charge in [-0.1, -0.05) is 25.4 Å². The molecule has 0 aliphatic rings. The first-order valence-corrected chi connectivity index (χ1v) is 5.52. The molecule has 0 bridgehead atoms. The molecule has 0 radical (unpaired) electrons. The second-order valence-electron chi connectivity index (χ2n) is 4.60. The number of rotatable bonds is 6. The van der Waals surface area contributed by atoms with Crippen molar-refractivity contribution in [3.05, 3.63) is 18.5 Å². The van der Waals surface area contributed by atoms with Crippen molar-refractivity contribution in [2.75, 3.05) is 0 Å². The predicted molar refractivity (Wildman–Crippen MR) is 63.3 cm³/mol. The summed E-state index contributed by atoms with van der Waals surface area (Å²) in [7, 11) is 0. The second-order valence-corrected chi connectivity index (χ2v) is 4.60. The van der Waals surface area contributed by atoms with Crippen molar-refractivity contribution in [1.29, 1.82) is 0 Å². The van der Waals surface area contributed by atoms with Gasteiger partial charge in [0.05, 0.1) is 0 Å². The molecule has 1 heterocycles. The van der Waals surface area contributed by atoms with Crippen LogP contribution in [-0.2, 0) is 6.54 Å². The number of nitrogens with zero attached hydrogens (tertiary/aromatic N) is 3. The number of unbranched alkanes of at least 4 members (excludes halogenated alkanes) is 1. The van der Waals surface area contributed by atoms with Crippen LogP contribution in [0.15, 0.2) is 23.6 Å². The first-order valence-electron chi connectivity index (χ1n) is 5.52. The Kier molecular flexibility index (Phi) is 4.34. The maximum Gasteiger partial charge on any atom is 0.144 e. The fraction of sp³-hybridized carbons (Fsp3) is 0.636. The first-order chi connectivity index (χ1) is 7.56. The molecule has 0 aliphatic heterocycles. The predicted octanol–water partition coefficient (Wildman–Crippen LogP) is 1.83. The summed E-state index contributed by atoms with van der Waals surface area (Å²) in [6.45, 7) is 4.88. The summed E-state index contributed by atoms with van der Waals surface area (Å²) in [5.41, 5.74) is 5.37. The third kappa shape index (κ3) is 3.56. The first kappa shape index (κ1) is 12.5. The standard InChI is InChI=1S/C11H20N4O/c1-11(2,10(12)14-16)6-3-4-8-15-9-5-7-13-15/h5,7,9,16H,3-4,6,8H2,1-2H3,(H2,12,14). The van der Waals surface area contributed by atoms with Gasteiger partial charge < -0.3 is 10.9 Å². The number of oxime groups is 1. The maximum absolute atomic E-state index is 8.63. The lowest BCUT2D eigenvalue weighted by atomic mass is 9.86. The van der Waals surface area contributed by atoms with Gasteiger partial charge in [-0.15, -0.1) is 0 Å². The molecule has 0 atom stereocenters. The molecule has 5 heteroatoms. The third-order valence-electron chi connectivity index (χ3n) is 2.80. The molecule has 0 aromatic carbocycles. The van der Waals surface area contributed by atoms with Gasteiger partial charge >= 0.3 is 0 Å². The molecule has 1 rings (SSSR count). The minimum Gasteiger partial charge on any atom is -0.409 e. The summed E-state index contributed by atoms with van der Waals surface area (Å²) in [6, 6.07) is 1.92. The molecular weight excluding hydrogens is 204 g/mol. The zero-order valence-electron chi connectivity index (χ0n) is 9.93. The van der Waals surface area contributed by atoms with Gasteiger partial charge in [0.25, 0.3) is 0 Å². The van der Waals surface area contributed by atoms with Crippen LogP contribution in [0.4, 0.5) is 0 Å². The van der Waals surface area contributed by atoms with E-state index in [1.165, 1.54) is 0 Å². The van der Waals surface area contributed by atoms with Crippen LogP contribution in [0.25, 0.3) is 0 Å². The van der Waals surface area contributed by atoms with Crippen molar-refractivity contribution in [2.45, 2.75) is 39.7 Å². The van der Waals surface area contributed by atoms with Crippen LogP contribution in [-0.4, -0.2) is 20.8 Å². The van der Waals surface area contributed by atoms with E-state index in [1.807, 2.05) is 30.8 Å². The van der Waals surface area contributed by atoms with Gasteiger partial charge in [-0.25, -0.2) is 0 Å².